The van der Waals surface area contributed by atoms with Crippen molar-refractivity contribution in [3.8, 4) is 0 Å². The lowest BCUT2D eigenvalue weighted by Gasteiger charge is -2.18. The predicted molar refractivity (Wildman–Crippen MR) is 231 cm³/mol. The molecule has 0 aliphatic rings. The molecule has 0 saturated carbocycles. The molecule has 0 fully saturated rings. The smallest absolute Gasteiger partial charge is 0.462 e. The summed E-state index contributed by atoms with van der Waals surface area (Å²) in [4.78, 5) is 42.9. The fourth-order valence-electron chi connectivity index (χ4n) is 5.84. The normalized spacial score (nSPS) is 13.7. The fourth-order valence-corrected chi connectivity index (χ4v) is 6.20. The van der Waals surface area contributed by atoms with Crippen molar-refractivity contribution in [3.63, 3.8) is 0 Å². The van der Waals surface area contributed by atoms with Crippen LogP contribution in [0.2, 0.25) is 0 Å². The van der Waals surface area contributed by atoms with Crippen LogP contribution in [0.5, 0.6) is 0 Å². The van der Waals surface area contributed by atoms with Gasteiger partial charge in [-0.3, -0.25) is 14.1 Å². The third-order valence-electron chi connectivity index (χ3n) is 9.08. The molecule has 0 aliphatic heterocycles. The summed E-state index contributed by atoms with van der Waals surface area (Å²) < 4.78 is 26.3. The number of carbonyl (C=O) groups excluding carboxylic acids is 2. The first-order valence-electron chi connectivity index (χ1n) is 21.8. The van der Waals surface area contributed by atoms with Crippen molar-refractivity contribution in [2.24, 2.45) is 0 Å². The highest BCUT2D eigenvalue weighted by atomic mass is 31.2. The Balaban J connectivity index is 4.11. The lowest BCUT2D eigenvalue weighted by molar-refractivity contribution is -0.161. The number of carbonyl (C=O) groups is 2. The van der Waals surface area contributed by atoms with Gasteiger partial charge in [0.2, 0.25) is 0 Å². The molecule has 0 rings (SSSR count). The Hall–Kier alpha value is -2.55. The molecule has 0 aliphatic carbocycles. The van der Waals surface area contributed by atoms with Crippen LogP contribution in [0.3, 0.4) is 0 Å². The quantitative estimate of drug-likeness (QED) is 0.0182. The van der Waals surface area contributed by atoms with Crippen LogP contribution in [-0.4, -0.2) is 52.3 Å². The van der Waals surface area contributed by atoms with Gasteiger partial charge in [0, 0.05) is 12.8 Å². The van der Waals surface area contributed by atoms with Gasteiger partial charge in [-0.2, -0.15) is 0 Å². The second-order valence-electron chi connectivity index (χ2n) is 14.5. The van der Waals surface area contributed by atoms with Crippen LogP contribution in [-0.2, 0) is 28.2 Å². The van der Waals surface area contributed by atoms with E-state index < -0.39 is 38.6 Å². The molecule has 0 aromatic carbocycles. The van der Waals surface area contributed by atoms with E-state index in [-0.39, 0.29) is 19.4 Å². The first-order chi connectivity index (χ1) is 27.2. The summed E-state index contributed by atoms with van der Waals surface area (Å²) >= 11 is 0. The Kier molecular flexibility index (Phi) is 38.8. The fraction of sp³-hybridized carbons (Fsp3) is 0.696. The number of phosphoric ester groups is 1. The summed E-state index contributed by atoms with van der Waals surface area (Å²) in [5.41, 5.74) is 0. The third kappa shape index (κ3) is 42.6. The molecule has 0 spiro atoms. The molecule has 0 heterocycles. The summed E-state index contributed by atoms with van der Waals surface area (Å²) in [6, 6.07) is 0. The summed E-state index contributed by atoms with van der Waals surface area (Å²) in [7, 11) is -4.81. The monoisotopic (exact) mass is 807 g/mol. The Morgan fingerprint density at radius 1 is 0.571 bits per heavy atom. The molecule has 2 atom stereocenters. The van der Waals surface area contributed by atoms with Gasteiger partial charge in [0.25, 0.3) is 0 Å². The topological polar surface area (TPSA) is 140 Å². The number of aliphatic hydroxyl groups excluding tert-OH is 1. The lowest BCUT2D eigenvalue weighted by atomic mass is 10.0. The number of hydrogen-bond donors (Lipinski definition) is 3. The first-order valence-corrected chi connectivity index (χ1v) is 23.4. The molecular formula is C46H79O9P. The maximum atomic E-state index is 12.4. The minimum atomic E-state index is -4.81. The van der Waals surface area contributed by atoms with Gasteiger partial charge in [-0.1, -0.05) is 196 Å². The van der Waals surface area contributed by atoms with E-state index in [1.165, 1.54) is 89.9 Å². The number of phosphoric acid groups is 1. The van der Waals surface area contributed by atoms with Crippen LogP contribution in [0.4, 0.5) is 0 Å². The van der Waals surface area contributed by atoms with Crippen LogP contribution in [0.25, 0.3) is 0 Å². The van der Waals surface area contributed by atoms with E-state index in [1.54, 1.807) is 24.3 Å². The Labute approximate surface area is 341 Å². The van der Waals surface area contributed by atoms with Gasteiger partial charge in [-0.25, -0.2) is 4.57 Å². The highest BCUT2D eigenvalue weighted by Crippen LogP contribution is 2.36. The summed E-state index contributed by atoms with van der Waals surface area (Å²) in [5.74, 6) is -1.07. The molecule has 0 aromatic heterocycles. The molecule has 0 saturated heterocycles. The zero-order valence-corrected chi connectivity index (χ0v) is 36.0. The van der Waals surface area contributed by atoms with Crippen LogP contribution in [0, 0.1) is 0 Å². The molecule has 56 heavy (non-hydrogen) atoms. The summed E-state index contributed by atoms with van der Waals surface area (Å²) in [6.45, 7) is 3.43. The van der Waals surface area contributed by atoms with Crippen LogP contribution in [0.15, 0.2) is 72.9 Å². The maximum Gasteiger partial charge on any atom is 0.469 e. The van der Waals surface area contributed by atoms with E-state index in [0.29, 0.717) is 19.3 Å². The number of unbranched alkanes of at least 4 members (excludes halogenated alkanes) is 17. The van der Waals surface area contributed by atoms with E-state index >= 15 is 0 Å². The molecular weight excluding hydrogens is 727 g/mol. The molecule has 10 heteroatoms. The minimum absolute atomic E-state index is 0.00402. The molecule has 0 bridgehead atoms. The van der Waals surface area contributed by atoms with Crippen molar-refractivity contribution in [2.75, 3.05) is 13.2 Å². The van der Waals surface area contributed by atoms with E-state index in [1.807, 2.05) is 12.2 Å². The Bertz CT molecular complexity index is 1150. The van der Waals surface area contributed by atoms with Gasteiger partial charge in [0.05, 0.1) is 12.7 Å². The molecule has 1 unspecified atom stereocenters. The van der Waals surface area contributed by atoms with Crippen LogP contribution in [0.1, 0.15) is 181 Å². The lowest BCUT2D eigenvalue weighted by Crippen LogP contribution is -2.29. The number of ether oxygens (including phenoxy) is 2. The van der Waals surface area contributed by atoms with E-state index in [2.05, 4.69) is 54.8 Å². The zero-order chi connectivity index (χ0) is 41.2. The van der Waals surface area contributed by atoms with Gasteiger partial charge >= 0.3 is 19.8 Å². The number of aliphatic hydroxyl groups is 1. The molecule has 3 N–H and O–H groups in total. The SMILES string of the molecule is CC/C=C\C/C=C\C/C=C\C/C=C\C=C/C(O)C/C=C\CCC(=O)O[C@H](COC(=O)CCCCCCCCCCCCCCCCCCCC)COP(=O)(O)O. The van der Waals surface area contributed by atoms with Gasteiger partial charge in [0.1, 0.15) is 6.61 Å². The van der Waals surface area contributed by atoms with Gasteiger partial charge in [0.15, 0.2) is 6.10 Å². The first kappa shape index (κ1) is 53.5. The third-order valence-corrected chi connectivity index (χ3v) is 9.57. The van der Waals surface area contributed by atoms with Crippen molar-refractivity contribution < 1.29 is 43.0 Å². The molecule has 0 amide bonds. The van der Waals surface area contributed by atoms with Crippen LogP contribution < -0.4 is 0 Å². The van der Waals surface area contributed by atoms with Crippen molar-refractivity contribution in [1.82, 2.24) is 0 Å². The van der Waals surface area contributed by atoms with Crippen molar-refractivity contribution in [2.45, 2.75) is 193 Å². The maximum absolute atomic E-state index is 12.4. The zero-order valence-electron chi connectivity index (χ0n) is 35.1. The van der Waals surface area contributed by atoms with Crippen LogP contribution >= 0.6 is 7.82 Å². The number of allylic oxidation sites excluding steroid dienone is 10. The Morgan fingerprint density at radius 2 is 1.07 bits per heavy atom. The van der Waals surface area contributed by atoms with Gasteiger partial charge in [-0.05, 0) is 44.9 Å². The van der Waals surface area contributed by atoms with Crippen molar-refractivity contribution in [3.05, 3.63) is 72.9 Å². The second kappa shape index (κ2) is 40.6. The number of rotatable bonds is 39. The highest BCUT2D eigenvalue weighted by Gasteiger charge is 2.22. The van der Waals surface area contributed by atoms with E-state index in [0.717, 1.165) is 44.9 Å². The molecule has 9 nitrogen and oxygen atoms in total. The van der Waals surface area contributed by atoms with Crippen molar-refractivity contribution in [1.29, 1.82) is 0 Å². The molecule has 322 valence electrons. The standard InChI is InChI=1S/C46H79O9P/c1-3-5-7-9-11-13-15-17-18-19-20-21-23-25-27-29-31-35-39-45(48)53-41-44(42-54-56(50,51)52)55-46(49)40-36-32-34-38-43(47)37-33-30-28-26-24-22-16-14-12-10-8-6-4-2/h6,8,12,14,22,24,28,30,32-34,37,43-44,47H,3-5,7,9-11,13,15-21,23,25-27,29,31,35-36,38-42H2,1-2H3,(H2,50,51,52)/b8-6-,14-12-,24-22-,30-28-,34-32-,37-33-/t43?,44-/m1/s1. The van der Waals surface area contributed by atoms with Gasteiger partial charge < -0.3 is 24.4 Å². The summed E-state index contributed by atoms with van der Waals surface area (Å²) in [5, 5.41) is 10.2. The molecule has 0 aromatic rings. The Morgan fingerprint density at radius 3 is 1.59 bits per heavy atom. The van der Waals surface area contributed by atoms with E-state index in [4.69, 9.17) is 19.3 Å². The largest absolute Gasteiger partial charge is 0.469 e. The number of esters is 2. The van der Waals surface area contributed by atoms with E-state index in [9.17, 15) is 19.3 Å². The predicted octanol–water partition coefficient (Wildman–Crippen LogP) is 12.4. The number of hydrogen-bond acceptors (Lipinski definition) is 7. The minimum Gasteiger partial charge on any atom is -0.462 e. The molecule has 0 radical (unpaired) electrons. The summed E-state index contributed by atoms with van der Waals surface area (Å²) in [6.07, 6.45) is 49.4. The van der Waals surface area contributed by atoms with Gasteiger partial charge in [-0.15, -0.1) is 0 Å². The average molecular weight is 807 g/mol. The second-order valence-corrected chi connectivity index (χ2v) is 15.7. The average Bonchev–Trinajstić information content (AvgIpc) is 3.16. The highest BCUT2D eigenvalue weighted by molar-refractivity contribution is 7.46. The van der Waals surface area contributed by atoms with Crippen molar-refractivity contribution >= 4 is 19.8 Å².